The Morgan fingerprint density at radius 2 is 2.23 bits per heavy atom. The minimum Gasteiger partial charge on any atom is -0.141 e. The normalized spacial score (nSPS) is 13.5. The highest BCUT2D eigenvalue weighted by Gasteiger charge is 1.99. The molecule has 1 unspecified atom stereocenters. The van der Waals surface area contributed by atoms with Gasteiger partial charge in [-0.2, -0.15) is 0 Å². The lowest BCUT2D eigenvalue weighted by Crippen LogP contribution is -1.82. The van der Waals surface area contributed by atoms with E-state index >= 15 is 0 Å². The summed E-state index contributed by atoms with van der Waals surface area (Å²) in [5.74, 6) is 0. The largest absolute Gasteiger partial charge is 0.141 e. The van der Waals surface area contributed by atoms with Gasteiger partial charge in [0.25, 0.3) is 0 Å². The fourth-order valence-corrected chi connectivity index (χ4v) is 2.10. The fraction of sp³-hybridized carbons (Fsp3) is 0.273. The second-order valence-corrected chi connectivity index (χ2v) is 4.74. The maximum absolute atomic E-state index is 5.87. The van der Waals surface area contributed by atoms with Crippen molar-refractivity contribution in [3.8, 4) is 0 Å². The van der Waals surface area contributed by atoms with Gasteiger partial charge in [-0.05, 0) is 31.6 Å². The zero-order chi connectivity index (χ0) is 9.84. The highest BCUT2D eigenvalue weighted by atomic mass is 35.5. The van der Waals surface area contributed by atoms with E-state index in [1.165, 1.54) is 15.3 Å². The Morgan fingerprint density at radius 1 is 1.54 bits per heavy atom. The first-order chi connectivity index (χ1) is 6.13. The zero-order valence-electron chi connectivity index (χ0n) is 7.88. The van der Waals surface area contributed by atoms with Gasteiger partial charge >= 0.3 is 0 Å². The molecule has 0 aliphatic carbocycles. The lowest BCUT2D eigenvalue weighted by Gasteiger charge is -1.93. The summed E-state index contributed by atoms with van der Waals surface area (Å²) >= 11 is 7.66. The maximum atomic E-state index is 5.87. The van der Waals surface area contributed by atoms with Crippen LogP contribution in [0.2, 0.25) is 0 Å². The van der Waals surface area contributed by atoms with Crippen LogP contribution in [-0.2, 0) is 0 Å². The lowest BCUT2D eigenvalue weighted by molar-refractivity contribution is 1.42. The van der Waals surface area contributed by atoms with Gasteiger partial charge in [0.05, 0.1) is 5.38 Å². The van der Waals surface area contributed by atoms with Crippen molar-refractivity contribution in [3.63, 3.8) is 0 Å². The smallest absolute Gasteiger partial charge is 0.0697 e. The molecule has 0 bridgehead atoms. The number of thiophene rings is 1. The molecule has 0 saturated carbocycles. The molecule has 1 heterocycles. The molecule has 0 N–H and O–H groups in total. The molecule has 0 nitrogen and oxygen atoms in total. The van der Waals surface area contributed by atoms with E-state index in [2.05, 4.69) is 32.6 Å². The van der Waals surface area contributed by atoms with Crippen molar-refractivity contribution in [2.24, 2.45) is 0 Å². The van der Waals surface area contributed by atoms with Crippen molar-refractivity contribution in [3.05, 3.63) is 40.1 Å². The number of alkyl halides is 1. The number of hydrogen-bond acceptors (Lipinski definition) is 1. The van der Waals surface area contributed by atoms with Gasteiger partial charge in [-0.1, -0.05) is 12.2 Å². The van der Waals surface area contributed by atoms with Crippen molar-refractivity contribution in [2.75, 3.05) is 0 Å². The summed E-state index contributed by atoms with van der Waals surface area (Å²) in [5.41, 5.74) is 1.31. The van der Waals surface area contributed by atoms with Gasteiger partial charge in [-0.25, -0.2) is 0 Å². The number of aryl methyl sites for hydroxylation is 2. The van der Waals surface area contributed by atoms with Crippen LogP contribution in [0.4, 0.5) is 0 Å². The van der Waals surface area contributed by atoms with E-state index in [1.54, 1.807) is 17.4 Å². The molecule has 0 aliphatic rings. The third-order valence-electron chi connectivity index (χ3n) is 1.74. The quantitative estimate of drug-likeness (QED) is 0.521. The average molecular weight is 213 g/mol. The Morgan fingerprint density at radius 3 is 2.69 bits per heavy atom. The third kappa shape index (κ3) is 3.02. The molecular formula is C11H13ClS. The van der Waals surface area contributed by atoms with E-state index in [-0.39, 0.29) is 5.38 Å². The molecule has 13 heavy (non-hydrogen) atoms. The molecule has 70 valence electrons. The van der Waals surface area contributed by atoms with Crippen LogP contribution in [0, 0.1) is 13.8 Å². The molecule has 0 amide bonds. The van der Waals surface area contributed by atoms with Gasteiger partial charge in [0.2, 0.25) is 0 Å². The van der Waals surface area contributed by atoms with Gasteiger partial charge in [0.15, 0.2) is 0 Å². The SMILES string of the molecule is C=CC(Cl)/C=C/c1sc(C)cc1C. The topological polar surface area (TPSA) is 0 Å². The molecule has 0 fully saturated rings. The van der Waals surface area contributed by atoms with Gasteiger partial charge in [0.1, 0.15) is 0 Å². The highest BCUT2D eigenvalue weighted by molar-refractivity contribution is 7.13. The summed E-state index contributed by atoms with van der Waals surface area (Å²) in [6.45, 7) is 7.84. The first-order valence-electron chi connectivity index (χ1n) is 4.15. The lowest BCUT2D eigenvalue weighted by atomic mass is 10.2. The second kappa shape index (κ2) is 4.64. The number of hydrogen-bond donors (Lipinski definition) is 0. The van der Waals surface area contributed by atoms with Crippen LogP contribution in [0.25, 0.3) is 6.08 Å². The minimum atomic E-state index is -0.0678. The number of halogens is 1. The molecule has 2 heteroatoms. The summed E-state index contributed by atoms with van der Waals surface area (Å²) in [6, 6.07) is 2.18. The monoisotopic (exact) mass is 212 g/mol. The summed E-state index contributed by atoms with van der Waals surface area (Å²) < 4.78 is 0. The number of rotatable bonds is 3. The van der Waals surface area contributed by atoms with Crippen molar-refractivity contribution in [1.82, 2.24) is 0 Å². The van der Waals surface area contributed by atoms with Crippen molar-refractivity contribution < 1.29 is 0 Å². The predicted molar refractivity (Wildman–Crippen MR) is 62.7 cm³/mol. The van der Waals surface area contributed by atoms with Crippen molar-refractivity contribution >= 4 is 29.0 Å². The van der Waals surface area contributed by atoms with Crippen LogP contribution in [0.5, 0.6) is 0 Å². The van der Waals surface area contributed by atoms with E-state index in [0.29, 0.717) is 0 Å². The van der Waals surface area contributed by atoms with Crippen LogP contribution in [0.3, 0.4) is 0 Å². The Kier molecular flexibility index (Phi) is 3.76. The molecule has 1 aromatic rings. The van der Waals surface area contributed by atoms with Gasteiger partial charge < -0.3 is 0 Å². The Labute approximate surface area is 88.6 Å². The summed E-state index contributed by atoms with van der Waals surface area (Å²) in [4.78, 5) is 2.62. The molecule has 1 rings (SSSR count). The first kappa shape index (κ1) is 10.6. The fourth-order valence-electron chi connectivity index (χ4n) is 1.08. The average Bonchev–Trinajstić information content (AvgIpc) is 2.41. The highest BCUT2D eigenvalue weighted by Crippen LogP contribution is 2.22. The van der Waals surface area contributed by atoms with Crippen LogP contribution in [0.1, 0.15) is 15.3 Å². The third-order valence-corrected chi connectivity index (χ3v) is 3.18. The van der Waals surface area contributed by atoms with E-state index in [4.69, 9.17) is 11.6 Å². The summed E-state index contributed by atoms with van der Waals surface area (Å²) in [5, 5.41) is -0.0678. The van der Waals surface area contributed by atoms with Gasteiger partial charge in [-0.15, -0.1) is 29.5 Å². The zero-order valence-corrected chi connectivity index (χ0v) is 9.45. The van der Waals surface area contributed by atoms with Crippen molar-refractivity contribution in [1.29, 1.82) is 0 Å². The molecule has 1 aromatic heterocycles. The van der Waals surface area contributed by atoms with Crippen LogP contribution < -0.4 is 0 Å². The molecule has 0 spiro atoms. The van der Waals surface area contributed by atoms with Crippen LogP contribution in [0.15, 0.2) is 24.8 Å². The Bertz CT molecular complexity index is 323. The molecular weight excluding hydrogens is 200 g/mol. The molecule has 1 atom stereocenters. The summed E-state index contributed by atoms with van der Waals surface area (Å²) in [7, 11) is 0. The predicted octanol–water partition coefficient (Wildman–Crippen LogP) is 4.17. The Hall–Kier alpha value is -0.530. The molecule has 0 radical (unpaired) electrons. The Balaban J connectivity index is 2.79. The van der Waals surface area contributed by atoms with Crippen LogP contribution >= 0.6 is 22.9 Å². The van der Waals surface area contributed by atoms with Crippen molar-refractivity contribution in [2.45, 2.75) is 19.2 Å². The second-order valence-electron chi connectivity index (χ2n) is 2.94. The summed E-state index contributed by atoms with van der Waals surface area (Å²) in [6.07, 6.45) is 5.73. The van der Waals surface area contributed by atoms with Gasteiger partial charge in [-0.3, -0.25) is 0 Å². The number of allylic oxidation sites excluding steroid dienone is 2. The minimum absolute atomic E-state index is 0.0678. The van der Waals surface area contributed by atoms with E-state index in [9.17, 15) is 0 Å². The first-order valence-corrected chi connectivity index (χ1v) is 5.40. The molecule has 0 aromatic carbocycles. The van der Waals surface area contributed by atoms with E-state index < -0.39 is 0 Å². The standard InChI is InChI=1S/C11H13ClS/c1-4-10(12)5-6-11-8(2)7-9(3)13-11/h4-7,10H,1H2,2-3H3/b6-5+. The van der Waals surface area contributed by atoms with Gasteiger partial charge in [0, 0.05) is 9.75 Å². The van der Waals surface area contributed by atoms with E-state index in [1.807, 2.05) is 6.08 Å². The molecule has 0 saturated heterocycles. The van der Waals surface area contributed by atoms with Crippen LogP contribution in [-0.4, -0.2) is 5.38 Å². The van der Waals surface area contributed by atoms with E-state index in [0.717, 1.165) is 0 Å². The maximum Gasteiger partial charge on any atom is 0.0697 e. The molecule has 0 aliphatic heterocycles.